The largest absolute Gasteiger partial charge is 0.416 e. The summed E-state index contributed by atoms with van der Waals surface area (Å²) in [5, 5.41) is 19.1. The molecule has 11 nitrogen and oxygen atoms in total. The number of hydrogen-bond donors (Lipinski definition) is 1. The van der Waals surface area contributed by atoms with Gasteiger partial charge in [-0.1, -0.05) is 23.2 Å². The Kier molecular flexibility index (Phi) is 7.42. The van der Waals surface area contributed by atoms with Crippen molar-refractivity contribution in [1.82, 2.24) is 39.0 Å². The lowest BCUT2D eigenvalue weighted by molar-refractivity contribution is -0.207. The number of aliphatic hydroxyl groups is 1. The second-order valence-corrected chi connectivity index (χ2v) is 9.95. The predicted octanol–water partition coefficient (Wildman–Crippen LogP) is 3.26. The molecule has 210 valence electrons. The average Bonchev–Trinajstić information content (AvgIpc) is 3.56. The highest BCUT2D eigenvalue weighted by Crippen LogP contribution is 2.32. The maximum atomic E-state index is 13.3. The number of carbonyl (C=O) groups is 1. The minimum atomic E-state index is -4.96. The van der Waals surface area contributed by atoms with Crippen LogP contribution in [0.4, 0.5) is 13.2 Å². The van der Waals surface area contributed by atoms with Crippen molar-refractivity contribution < 1.29 is 23.1 Å². The number of benzene rings is 1. The number of amides is 1. The highest BCUT2D eigenvalue weighted by Gasteiger charge is 2.39. The minimum Gasteiger partial charge on any atom is -0.382 e. The van der Waals surface area contributed by atoms with Gasteiger partial charge < -0.3 is 10.0 Å². The van der Waals surface area contributed by atoms with E-state index in [1.54, 1.807) is 19.2 Å². The standard InChI is InChI=1S/C24H21Cl2F3N8O3/c1-34-16(8-9-19(34)39)22-31-18(32-37(22)21-15(26)3-2-10-30-21)12-36-23(40)35(11-17(38)24(27,28)29)20(33-36)13-4-6-14(25)7-5-13/h2-7,10,16-17,38H,8-9,11-12H2,1H3/t16?,17-/m0/s1. The highest BCUT2D eigenvalue weighted by molar-refractivity contribution is 6.32. The van der Waals surface area contributed by atoms with Crippen LogP contribution in [0.2, 0.25) is 10.0 Å². The summed E-state index contributed by atoms with van der Waals surface area (Å²) < 4.78 is 42.6. The number of carbonyl (C=O) groups excluding carboxylic acids is 1. The van der Waals surface area contributed by atoms with E-state index in [1.165, 1.54) is 40.0 Å². The molecule has 0 radical (unpaired) electrons. The molecule has 1 amide bonds. The molecule has 1 saturated heterocycles. The van der Waals surface area contributed by atoms with E-state index in [9.17, 15) is 27.9 Å². The van der Waals surface area contributed by atoms with Crippen LogP contribution in [0.1, 0.15) is 30.5 Å². The van der Waals surface area contributed by atoms with Crippen LogP contribution in [-0.2, 0) is 17.9 Å². The summed E-state index contributed by atoms with van der Waals surface area (Å²) >= 11 is 12.3. The highest BCUT2D eigenvalue weighted by atomic mass is 35.5. The van der Waals surface area contributed by atoms with Gasteiger partial charge in [0.05, 0.1) is 17.6 Å². The molecule has 2 atom stereocenters. The number of hydrogen-bond acceptors (Lipinski definition) is 7. The molecule has 0 aliphatic carbocycles. The van der Waals surface area contributed by atoms with Gasteiger partial charge in [-0.3, -0.25) is 9.36 Å². The molecule has 4 heterocycles. The Balaban J connectivity index is 1.58. The fraction of sp³-hybridized carbons (Fsp3) is 0.333. The predicted molar refractivity (Wildman–Crippen MR) is 137 cm³/mol. The fourth-order valence-corrected chi connectivity index (χ4v) is 4.71. The Morgan fingerprint density at radius 1 is 1.12 bits per heavy atom. The van der Waals surface area contributed by atoms with Gasteiger partial charge in [-0.25, -0.2) is 19.4 Å². The second kappa shape index (κ2) is 10.7. The second-order valence-electron chi connectivity index (χ2n) is 9.10. The summed E-state index contributed by atoms with van der Waals surface area (Å²) in [5.41, 5.74) is -0.615. The lowest BCUT2D eigenvalue weighted by atomic mass is 10.2. The van der Waals surface area contributed by atoms with Crippen LogP contribution in [0.15, 0.2) is 47.4 Å². The summed E-state index contributed by atoms with van der Waals surface area (Å²) in [6.45, 7) is -1.41. The van der Waals surface area contributed by atoms with Gasteiger partial charge in [0.2, 0.25) is 5.91 Å². The topological polar surface area (TPSA) is 124 Å². The summed E-state index contributed by atoms with van der Waals surface area (Å²) in [4.78, 5) is 35.9. The van der Waals surface area contributed by atoms with Gasteiger partial charge in [0, 0.05) is 30.3 Å². The first-order valence-electron chi connectivity index (χ1n) is 11.9. The van der Waals surface area contributed by atoms with Gasteiger partial charge in [0.1, 0.15) is 6.54 Å². The number of aliphatic hydroxyl groups excluding tert-OH is 1. The number of alkyl halides is 3. The number of likely N-dealkylation sites (tertiary alicyclic amines) is 1. The lowest BCUT2D eigenvalue weighted by Gasteiger charge is -2.19. The van der Waals surface area contributed by atoms with Crippen LogP contribution in [0.5, 0.6) is 0 Å². The molecule has 1 aliphatic rings. The van der Waals surface area contributed by atoms with Crippen molar-refractivity contribution in [3.05, 3.63) is 74.8 Å². The smallest absolute Gasteiger partial charge is 0.382 e. The third kappa shape index (κ3) is 5.33. The zero-order valence-electron chi connectivity index (χ0n) is 20.8. The van der Waals surface area contributed by atoms with Crippen molar-refractivity contribution in [2.75, 3.05) is 7.05 Å². The Morgan fingerprint density at radius 2 is 1.85 bits per heavy atom. The maximum absolute atomic E-state index is 13.3. The van der Waals surface area contributed by atoms with Gasteiger partial charge >= 0.3 is 11.9 Å². The molecule has 1 fully saturated rings. The molecule has 1 aliphatic heterocycles. The third-order valence-electron chi connectivity index (χ3n) is 6.46. The molecule has 0 spiro atoms. The number of aromatic nitrogens is 7. The van der Waals surface area contributed by atoms with E-state index in [1.807, 2.05) is 0 Å². The van der Waals surface area contributed by atoms with Gasteiger partial charge in [-0.15, -0.1) is 10.2 Å². The lowest BCUT2D eigenvalue weighted by Crippen LogP contribution is -2.37. The molecular weight excluding hydrogens is 576 g/mol. The van der Waals surface area contributed by atoms with E-state index < -0.39 is 30.6 Å². The zero-order chi connectivity index (χ0) is 28.8. The van der Waals surface area contributed by atoms with E-state index >= 15 is 0 Å². The molecule has 4 aromatic rings. The van der Waals surface area contributed by atoms with E-state index in [2.05, 4.69) is 20.2 Å². The number of nitrogens with zero attached hydrogens (tertiary/aromatic N) is 8. The van der Waals surface area contributed by atoms with Crippen molar-refractivity contribution in [3.63, 3.8) is 0 Å². The Morgan fingerprint density at radius 3 is 2.48 bits per heavy atom. The molecular formula is C24H21Cl2F3N8O3. The zero-order valence-corrected chi connectivity index (χ0v) is 22.3. The van der Waals surface area contributed by atoms with Crippen LogP contribution in [0.25, 0.3) is 17.2 Å². The summed E-state index contributed by atoms with van der Waals surface area (Å²) in [6.07, 6.45) is -5.50. The van der Waals surface area contributed by atoms with Crippen molar-refractivity contribution in [2.24, 2.45) is 0 Å². The molecule has 0 bridgehead atoms. The molecule has 3 aromatic heterocycles. The summed E-state index contributed by atoms with van der Waals surface area (Å²) in [5.74, 6) is 0.480. The van der Waals surface area contributed by atoms with Crippen LogP contribution >= 0.6 is 23.2 Å². The average molecular weight is 597 g/mol. The quantitative estimate of drug-likeness (QED) is 0.347. The third-order valence-corrected chi connectivity index (χ3v) is 7.00. The van der Waals surface area contributed by atoms with Crippen molar-refractivity contribution in [3.8, 4) is 17.2 Å². The van der Waals surface area contributed by atoms with Crippen molar-refractivity contribution in [2.45, 2.75) is 44.3 Å². The Labute approximate surface area is 234 Å². The molecule has 1 aromatic carbocycles. The molecule has 40 heavy (non-hydrogen) atoms. The Bertz CT molecular complexity index is 1620. The van der Waals surface area contributed by atoms with Crippen LogP contribution in [0, 0.1) is 0 Å². The van der Waals surface area contributed by atoms with Gasteiger partial charge in [-0.05, 0) is 42.8 Å². The first kappa shape index (κ1) is 27.8. The van der Waals surface area contributed by atoms with Crippen LogP contribution in [0.3, 0.4) is 0 Å². The van der Waals surface area contributed by atoms with Gasteiger partial charge in [0.25, 0.3) is 0 Å². The first-order valence-corrected chi connectivity index (χ1v) is 12.7. The fourth-order valence-electron chi connectivity index (χ4n) is 4.38. The van der Waals surface area contributed by atoms with E-state index in [-0.39, 0.29) is 34.9 Å². The molecule has 1 N–H and O–H groups in total. The van der Waals surface area contributed by atoms with Gasteiger partial charge in [0.15, 0.2) is 29.4 Å². The number of halogens is 5. The Hall–Kier alpha value is -3.75. The SMILES string of the molecule is CN1C(=O)CCC1c1nc(Cn2nc(-c3ccc(Cl)cc3)n(C[C@H](O)C(F)(F)F)c2=O)nn1-c1ncccc1Cl. The van der Waals surface area contributed by atoms with Crippen molar-refractivity contribution >= 4 is 29.1 Å². The van der Waals surface area contributed by atoms with E-state index in [4.69, 9.17) is 23.2 Å². The number of pyridine rings is 1. The monoisotopic (exact) mass is 596 g/mol. The summed E-state index contributed by atoms with van der Waals surface area (Å²) in [7, 11) is 1.63. The number of rotatable bonds is 7. The first-order chi connectivity index (χ1) is 18.9. The minimum absolute atomic E-state index is 0.0789. The molecule has 5 rings (SSSR count). The normalized spacial score (nSPS) is 16.6. The van der Waals surface area contributed by atoms with Gasteiger partial charge in [-0.2, -0.15) is 17.9 Å². The van der Waals surface area contributed by atoms with E-state index in [0.29, 0.717) is 29.3 Å². The summed E-state index contributed by atoms with van der Waals surface area (Å²) in [6, 6.07) is 8.77. The van der Waals surface area contributed by atoms with Crippen LogP contribution < -0.4 is 5.69 Å². The molecule has 1 unspecified atom stereocenters. The van der Waals surface area contributed by atoms with E-state index in [0.717, 1.165) is 9.25 Å². The maximum Gasteiger partial charge on any atom is 0.416 e. The van der Waals surface area contributed by atoms with Crippen molar-refractivity contribution in [1.29, 1.82) is 0 Å². The molecule has 0 saturated carbocycles. The van der Waals surface area contributed by atoms with Crippen LogP contribution in [-0.4, -0.2) is 69.3 Å². The molecule has 16 heteroatoms.